The highest BCUT2D eigenvalue weighted by atomic mass is 16.6. The quantitative estimate of drug-likeness (QED) is 0.179. The number of hydrogen-bond acceptors (Lipinski definition) is 7. The van der Waals surface area contributed by atoms with Gasteiger partial charge in [-0.3, -0.25) is 4.79 Å². The average Bonchev–Trinajstić information content (AvgIpc) is 2.32. The Hall–Kier alpha value is -2.20. The summed E-state index contributed by atoms with van der Waals surface area (Å²) in [5, 5.41) is 2.31. The molecule has 0 bridgehead atoms. The van der Waals surface area contributed by atoms with Gasteiger partial charge in [0.25, 0.3) is 0 Å². The molecule has 0 aliphatic carbocycles. The molecule has 0 aromatic rings. The van der Waals surface area contributed by atoms with Crippen LogP contribution in [0.2, 0.25) is 0 Å². The predicted octanol–water partition coefficient (Wildman–Crippen LogP) is -2.97. The number of nitrogens with two attached hydrogens (primary N) is 4. The third kappa shape index (κ3) is 8.00. The Labute approximate surface area is 115 Å². The molecule has 0 unspecified atom stereocenters. The Kier molecular flexibility index (Phi) is 7.85. The molecule has 10 nitrogen and oxygen atoms in total. The second-order valence-corrected chi connectivity index (χ2v) is 4.06. The average molecular weight is 289 g/mol. The summed E-state index contributed by atoms with van der Waals surface area (Å²) in [5.74, 6) is -2.82. The number of esters is 2. The summed E-state index contributed by atoms with van der Waals surface area (Å²) in [7, 11) is 0. The third-order valence-corrected chi connectivity index (χ3v) is 2.22. The highest BCUT2D eigenvalue weighted by molar-refractivity contribution is 5.92. The van der Waals surface area contributed by atoms with E-state index in [1.54, 1.807) is 0 Å². The molecule has 0 spiro atoms. The lowest BCUT2D eigenvalue weighted by Crippen LogP contribution is -2.41. The van der Waals surface area contributed by atoms with E-state index in [1.807, 2.05) is 0 Å². The van der Waals surface area contributed by atoms with Crippen molar-refractivity contribution >= 4 is 23.9 Å². The largest absolute Gasteiger partial charge is 0.391 e. The van der Waals surface area contributed by atoms with Gasteiger partial charge >= 0.3 is 18.0 Å². The van der Waals surface area contributed by atoms with Gasteiger partial charge in [0.05, 0.1) is 6.42 Å². The molecule has 0 saturated carbocycles. The second kappa shape index (κ2) is 8.82. The summed E-state index contributed by atoms with van der Waals surface area (Å²) in [6.07, 6.45) is 0.127. The first-order chi connectivity index (χ1) is 9.23. The van der Waals surface area contributed by atoms with E-state index in [0.29, 0.717) is 6.42 Å². The van der Waals surface area contributed by atoms with Gasteiger partial charge in [-0.05, 0) is 12.8 Å². The molecular formula is C10H19N5O5. The van der Waals surface area contributed by atoms with Crippen molar-refractivity contribution in [3.05, 3.63) is 0 Å². The van der Waals surface area contributed by atoms with Crippen LogP contribution in [0.4, 0.5) is 4.79 Å². The Balaban J connectivity index is 4.03. The lowest BCUT2D eigenvalue weighted by molar-refractivity contribution is -0.162. The van der Waals surface area contributed by atoms with Crippen LogP contribution in [-0.2, 0) is 19.1 Å². The molecule has 0 aliphatic rings. The molecule has 0 aromatic carbocycles. The van der Waals surface area contributed by atoms with Gasteiger partial charge in [0.1, 0.15) is 12.1 Å². The van der Waals surface area contributed by atoms with Crippen LogP contribution in [-0.4, -0.2) is 42.5 Å². The number of rotatable bonds is 8. The van der Waals surface area contributed by atoms with Crippen LogP contribution < -0.4 is 28.3 Å². The van der Waals surface area contributed by atoms with E-state index in [-0.39, 0.29) is 13.0 Å². The van der Waals surface area contributed by atoms with Gasteiger partial charge in [0.15, 0.2) is 0 Å². The smallest absolute Gasteiger partial charge is 0.331 e. The van der Waals surface area contributed by atoms with Crippen LogP contribution in [0.5, 0.6) is 0 Å². The van der Waals surface area contributed by atoms with Crippen LogP contribution in [0.25, 0.3) is 0 Å². The van der Waals surface area contributed by atoms with Crippen molar-refractivity contribution in [3.63, 3.8) is 0 Å². The molecule has 0 radical (unpaired) electrons. The summed E-state index contributed by atoms with van der Waals surface area (Å²) >= 11 is 0. The number of urea groups is 1. The molecule has 0 aliphatic heterocycles. The lowest BCUT2D eigenvalue weighted by Gasteiger charge is -2.12. The van der Waals surface area contributed by atoms with E-state index in [1.165, 1.54) is 0 Å². The topological polar surface area (TPSA) is 194 Å². The van der Waals surface area contributed by atoms with Crippen molar-refractivity contribution in [2.45, 2.75) is 31.3 Å². The number of carbonyl (C=O) groups excluding carboxylic acids is 4. The third-order valence-electron chi connectivity index (χ3n) is 2.22. The zero-order valence-electron chi connectivity index (χ0n) is 10.8. The monoisotopic (exact) mass is 289 g/mol. The summed E-state index contributed by atoms with van der Waals surface area (Å²) in [4.78, 5) is 43.6. The van der Waals surface area contributed by atoms with Crippen LogP contribution in [0, 0.1) is 0 Å². The summed E-state index contributed by atoms with van der Waals surface area (Å²) in [6, 6.07) is -3.04. The van der Waals surface area contributed by atoms with Gasteiger partial charge in [-0.25, -0.2) is 14.4 Å². The van der Waals surface area contributed by atoms with Gasteiger partial charge in [-0.2, -0.15) is 0 Å². The number of hydrogen-bond donors (Lipinski definition) is 5. The van der Waals surface area contributed by atoms with Gasteiger partial charge in [0, 0.05) is 6.54 Å². The maximum atomic E-state index is 11.4. The normalized spacial score (nSPS) is 13.1. The fourth-order valence-electron chi connectivity index (χ4n) is 1.20. The summed E-state index contributed by atoms with van der Waals surface area (Å²) < 4.78 is 4.41. The highest BCUT2D eigenvalue weighted by Gasteiger charge is 2.24. The van der Waals surface area contributed by atoms with E-state index < -0.39 is 42.4 Å². The van der Waals surface area contributed by atoms with E-state index in [9.17, 15) is 19.2 Å². The van der Waals surface area contributed by atoms with Gasteiger partial charge in [-0.15, -0.1) is 0 Å². The fraction of sp³-hybridized carbons (Fsp3) is 0.600. The molecule has 0 aromatic heterocycles. The molecule has 3 amide bonds. The molecule has 0 heterocycles. The summed E-state index contributed by atoms with van der Waals surface area (Å²) in [5.41, 5.74) is 20.5. The van der Waals surface area contributed by atoms with Gasteiger partial charge in [0.2, 0.25) is 5.91 Å². The van der Waals surface area contributed by atoms with Crippen LogP contribution in [0.1, 0.15) is 19.3 Å². The molecule has 0 saturated heterocycles. The molecular weight excluding hydrogens is 270 g/mol. The number of primary amides is 2. The minimum absolute atomic E-state index is 0.178. The molecule has 2 atom stereocenters. The van der Waals surface area contributed by atoms with Crippen LogP contribution in [0.3, 0.4) is 0 Å². The Morgan fingerprint density at radius 2 is 1.55 bits per heavy atom. The first kappa shape index (κ1) is 17.8. The van der Waals surface area contributed by atoms with Crippen molar-refractivity contribution in [3.8, 4) is 0 Å². The maximum Gasteiger partial charge on any atom is 0.331 e. The highest BCUT2D eigenvalue weighted by Crippen LogP contribution is 1.99. The minimum Gasteiger partial charge on any atom is -0.391 e. The molecule has 9 N–H and O–H groups in total. The second-order valence-electron chi connectivity index (χ2n) is 4.06. The molecule has 20 heavy (non-hydrogen) atoms. The Bertz CT molecular complexity index is 386. The van der Waals surface area contributed by atoms with E-state index >= 15 is 0 Å². The zero-order chi connectivity index (χ0) is 15.7. The maximum absolute atomic E-state index is 11.4. The van der Waals surface area contributed by atoms with Crippen molar-refractivity contribution in [1.82, 2.24) is 5.32 Å². The van der Waals surface area contributed by atoms with Crippen molar-refractivity contribution < 1.29 is 23.9 Å². The standard InChI is InChI=1S/C10H19N5O5/c11-5(2-1-3-15-10(14)19)8(17)20-9(18)6(12)4-7(13)16/h5-6H,1-4,11-12H2,(H2,13,16)(H3,14,15,19)/t5-,6-/m0/s1. The zero-order valence-corrected chi connectivity index (χ0v) is 10.8. The summed E-state index contributed by atoms with van der Waals surface area (Å²) in [6.45, 7) is 0.242. The Morgan fingerprint density at radius 3 is 2.05 bits per heavy atom. The molecule has 114 valence electrons. The number of nitrogens with one attached hydrogen (secondary N) is 1. The minimum atomic E-state index is -1.31. The van der Waals surface area contributed by atoms with Crippen LogP contribution >= 0.6 is 0 Å². The van der Waals surface area contributed by atoms with Gasteiger partial charge in [-0.1, -0.05) is 0 Å². The van der Waals surface area contributed by atoms with Crippen molar-refractivity contribution in [2.75, 3.05) is 6.54 Å². The Morgan fingerprint density at radius 1 is 1.00 bits per heavy atom. The molecule has 10 heteroatoms. The number of carbonyl (C=O) groups is 4. The van der Waals surface area contributed by atoms with Crippen molar-refractivity contribution in [1.29, 1.82) is 0 Å². The van der Waals surface area contributed by atoms with Crippen LogP contribution in [0.15, 0.2) is 0 Å². The van der Waals surface area contributed by atoms with E-state index in [4.69, 9.17) is 22.9 Å². The first-order valence-corrected chi connectivity index (χ1v) is 5.82. The number of amides is 3. The van der Waals surface area contributed by atoms with Gasteiger partial charge < -0.3 is 33.0 Å². The molecule has 0 fully saturated rings. The number of ether oxygens (including phenoxy) is 1. The lowest BCUT2D eigenvalue weighted by atomic mass is 10.1. The van der Waals surface area contributed by atoms with E-state index in [2.05, 4.69) is 10.1 Å². The SMILES string of the molecule is NC(=O)C[C@H](N)C(=O)OC(=O)[C@@H](N)CCCNC(N)=O. The predicted molar refractivity (Wildman–Crippen MR) is 67.7 cm³/mol. The van der Waals surface area contributed by atoms with Crippen molar-refractivity contribution in [2.24, 2.45) is 22.9 Å². The van der Waals surface area contributed by atoms with E-state index in [0.717, 1.165) is 0 Å². The first-order valence-electron chi connectivity index (χ1n) is 5.82. The molecule has 0 rings (SSSR count). The fourth-order valence-corrected chi connectivity index (χ4v) is 1.20.